The van der Waals surface area contributed by atoms with E-state index in [4.69, 9.17) is 11.6 Å². The molecule has 0 spiro atoms. The Kier molecular flexibility index (Phi) is 3.16. The van der Waals surface area contributed by atoms with Crippen molar-refractivity contribution in [3.63, 3.8) is 0 Å². The molecule has 3 rings (SSSR count). The minimum absolute atomic E-state index is 0.0261. The van der Waals surface area contributed by atoms with Crippen molar-refractivity contribution in [2.45, 2.75) is 0 Å². The van der Waals surface area contributed by atoms with Gasteiger partial charge < -0.3 is 10.3 Å². The Morgan fingerprint density at radius 2 is 1.90 bits per heavy atom. The zero-order valence-electron chi connectivity index (χ0n) is 10.3. The van der Waals surface area contributed by atoms with E-state index in [1.807, 2.05) is 24.3 Å². The van der Waals surface area contributed by atoms with Gasteiger partial charge in [-0.3, -0.25) is 4.79 Å². The lowest BCUT2D eigenvalue weighted by Gasteiger charge is -2.08. The molecule has 0 radical (unpaired) electrons. The minimum atomic E-state index is -0.482. The van der Waals surface area contributed by atoms with Gasteiger partial charge in [-0.15, -0.1) is 0 Å². The lowest BCUT2D eigenvalue weighted by Crippen LogP contribution is -2.08. The van der Waals surface area contributed by atoms with E-state index < -0.39 is 5.82 Å². The molecule has 3 nitrogen and oxygen atoms in total. The number of fused-ring (bicyclic) bond motifs is 1. The van der Waals surface area contributed by atoms with Crippen LogP contribution in [0, 0.1) is 5.82 Å². The molecule has 0 fully saturated rings. The zero-order valence-corrected chi connectivity index (χ0v) is 11.0. The van der Waals surface area contributed by atoms with E-state index >= 15 is 0 Å². The first-order chi connectivity index (χ1) is 9.63. The van der Waals surface area contributed by atoms with Gasteiger partial charge in [-0.25, -0.2) is 4.39 Å². The smallest absolute Gasteiger partial charge is 0.257 e. The normalized spacial score (nSPS) is 10.7. The van der Waals surface area contributed by atoms with Gasteiger partial charge >= 0.3 is 0 Å². The van der Waals surface area contributed by atoms with Gasteiger partial charge in [0.1, 0.15) is 11.6 Å². The van der Waals surface area contributed by atoms with Gasteiger partial charge in [0.2, 0.25) is 0 Å². The van der Waals surface area contributed by atoms with Gasteiger partial charge in [0.15, 0.2) is 0 Å². The van der Waals surface area contributed by atoms with Crippen LogP contribution in [0.25, 0.3) is 10.8 Å². The summed E-state index contributed by atoms with van der Waals surface area (Å²) < 4.78 is 13.1. The lowest BCUT2D eigenvalue weighted by molar-refractivity contribution is 0.628. The Morgan fingerprint density at radius 1 is 1.10 bits per heavy atom. The van der Waals surface area contributed by atoms with Crippen molar-refractivity contribution in [1.82, 2.24) is 4.98 Å². The first-order valence-electron chi connectivity index (χ1n) is 5.97. The highest BCUT2D eigenvalue weighted by Crippen LogP contribution is 2.22. The predicted molar refractivity (Wildman–Crippen MR) is 79.3 cm³/mol. The monoisotopic (exact) mass is 288 g/mol. The molecule has 0 saturated carbocycles. The third kappa shape index (κ3) is 2.38. The Hall–Kier alpha value is -2.33. The summed E-state index contributed by atoms with van der Waals surface area (Å²) in [6, 6.07) is 13.4. The molecule has 5 heteroatoms. The third-order valence-corrected chi connectivity index (χ3v) is 3.24. The van der Waals surface area contributed by atoms with Crippen molar-refractivity contribution in [2.24, 2.45) is 0 Å². The van der Waals surface area contributed by atoms with E-state index in [9.17, 15) is 9.18 Å². The number of pyridine rings is 1. The average molecular weight is 289 g/mol. The molecule has 2 aromatic carbocycles. The molecule has 0 aliphatic heterocycles. The molecular weight excluding hydrogens is 279 g/mol. The molecule has 0 saturated heterocycles. The number of anilines is 2. The number of hydrogen-bond donors (Lipinski definition) is 2. The number of H-pyrrole nitrogens is 1. The van der Waals surface area contributed by atoms with Gasteiger partial charge in [-0.2, -0.15) is 0 Å². The number of benzene rings is 2. The van der Waals surface area contributed by atoms with Crippen molar-refractivity contribution < 1.29 is 4.39 Å². The van der Waals surface area contributed by atoms with Crippen LogP contribution in [0.2, 0.25) is 5.02 Å². The summed E-state index contributed by atoms with van der Waals surface area (Å²) in [5, 5.41) is 4.47. The molecule has 100 valence electrons. The maximum absolute atomic E-state index is 13.1. The second-order valence-corrected chi connectivity index (χ2v) is 4.76. The molecule has 0 aliphatic carbocycles. The molecular formula is C15H10ClFN2O. The van der Waals surface area contributed by atoms with Crippen LogP contribution in [0.15, 0.2) is 53.3 Å². The van der Waals surface area contributed by atoms with Crippen molar-refractivity contribution in [3.8, 4) is 0 Å². The number of aromatic amines is 1. The number of rotatable bonds is 2. The Morgan fingerprint density at radius 3 is 2.70 bits per heavy atom. The van der Waals surface area contributed by atoms with Crippen molar-refractivity contribution >= 4 is 33.9 Å². The van der Waals surface area contributed by atoms with Crippen LogP contribution in [-0.2, 0) is 0 Å². The van der Waals surface area contributed by atoms with E-state index in [0.717, 1.165) is 5.39 Å². The topological polar surface area (TPSA) is 44.9 Å². The fraction of sp³-hybridized carbons (Fsp3) is 0. The molecule has 0 unspecified atom stereocenters. The maximum Gasteiger partial charge on any atom is 0.257 e. The highest BCUT2D eigenvalue weighted by atomic mass is 35.5. The average Bonchev–Trinajstić information content (AvgIpc) is 2.43. The van der Waals surface area contributed by atoms with Crippen LogP contribution in [0.5, 0.6) is 0 Å². The van der Waals surface area contributed by atoms with Gasteiger partial charge in [-0.1, -0.05) is 29.8 Å². The van der Waals surface area contributed by atoms with Crippen LogP contribution in [0.3, 0.4) is 0 Å². The zero-order chi connectivity index (χ0) is 14.1. The summed E-state index contributed by atoms with van der Waals surface area (Å²) in [6.45, 7) is 0. The van der Waals surface area contributed by atoms with E-state index in [-0.39, 0.29) is 10.6 Å². The van der Waals surface area contributed by atoms with E-state index in [2.05, 4.69) is 10.3 Å². The Bertz CT molecular complexity index is 845. The SMILES string of the molecule is O=c1[nH]c(Nc2ccc(F)c(Cl)c2)cc2ccccc12. The molecule has 1 heterocycles. The van der Waals surface area contributed by atoms with Crippen molar-refractivity contribution in [3.05, 3.63) is 69.7 Å². The first kappa shape index (κ1) is 12.7. The summed E-state index contributed by atoms with van der Waals surface area (Å²) in [6.07, 6.45) is 0. The second-order valence-electron chi connectivity index (χ2n) is 4.35. The number of aromatic nitrogens is 1. The molecule has 3 aromatic rings. The summed E-state index contributed by atoms with van der Waals surface area (Å²) in [4.78, 5) is 14.7. The number of halogens is 2. The lowest BCUT2D eigenvalue weighted by atomic mass is 10.2. The summed E-state index contributed by atoms with van der Waals surface area (Å²) in [5.41, 5.74) is 0.418. The highest BCUT2D eigenvalue weighted by Gasteiger charge is 2.04. The second kappa shape index (κ2) is 4.98. The van der Waals surface area contributed by atoms with E-state index in [1.54, 1.807) is 12.1 Å². The van der Waals surface area contributed by atoms with E-state index in [0.29, 0.717) is 16.9 Å². The predicted octanol–water partition coefficient (Wildman–Crippen LogP) is 4.06. The van der Waals surface area contributed by atoms with Gasteiger partial charge in [0, 0.05) is 11.1 Å². The molecule has 2 N–H and O–H groups in total. The highest BCUT2D eigenvalue weighted by molar-refractivity contribution is 6.31. The summed E-state index contributed by atoms with van der Waals surface area (Å²) >= 11 is 5.72. The molecule has 0 amide bonds. The minimum Gasteiger partial charge on any atom is -0.342 e. The van der Waals surface area contributed by atoms with Gasteiger partial charge in [0.25, 0.3) is 5.56 Å². The van der Waals surface area contributed by atoms with Crippen molar-refractivity contribution in [2.75, 3.05) is 5.32 Å². The molecule has 20 heavy (non-hydrogen) atoms. The standard InChI is InChI=1S/C15H10ClFN2O/c16-12-8-10(5-6-13(12)17)18-14-7-9-3-1-2-4-11(9)15(20)19-14/h1-8H,(H2,18,19,20). The van der Waals surface area contributed by atoms with Crippen LogP contribution in [0.1, 0.15) is 0 Å². The van der Waals surface area contributed by atoms with Gasteiger partial charge in [-0.05, 0) is 35.7 Å². The molecule has 0 aliphatic rings. The van der Waals surface area contributed by atoms with Crippen molar-refractivity contribution in [1.29, 1.82) is 0 Å². The van der Waals surface area contributed by atoms with Crippen LogP contribution < -0.4 is 10.9 Å². The molecule has 0 bridgehead atoms. The fourth-order valence-electron chi connectivity index (χ4n) is 2.01. The van der Waals surface area contributed by atoms with Crippen LogP contribution in [-0.4, -0.2) is 4.98 Å². The van der Waals surface area contributed by atoms with E-state index in [1.165, 1.54) is 12.1 Å². The van der Waals surface area contributed by atoms with Crippen LogP contribution in [0.4, 0.5) is 15.9 Å². The quantitative estimate of drug-likeness (QED) is 0.747. The largest absolute Gasteiger partial charge is 0.342 e. The third-order valence-electron chi connectivity index (χ3n) is 2.95. The first-order valence-corrected chi connectivity index (χ1v) is 6.35. The van der Waals surface area contributed by atoms with Gasteiger partial charge in [0.05, 0.1) is 5.02 Å². The Labute approximate surface area is 119 Å². The Balaban J connectivity index is 2.02. The maximum atomic E-state index is 13.1. The summed E-state index contributed by atoms with van der Waals surface area (Å²) in [7, 11) is 0. The van der Waals surface area contributed by atoms with Crippen LogP contribution >= 0.6 is 11.6 Å². The fourth-order valence-corrected chi connectivity index (χ4v) is 2.19. The molecule has 1 aromatic heterocycles. The molecule has 0 atom stereocenters. The number of hydrogen-bond acceptors (Lipinski definition) is 2. The summed E-state index contributed by atoms with van der Waals surface area (Å²) in [5.74, 6) is 0.0422. The number of nitrogens with one attached hydrogen (secondary N) is 2.